The minimum atomic E-state index is -0.644. The summed E-state index contributed by atoms with van der Waals surface area (Å²) in [6, 6.07) is 2.62. The smallest absolute Gasteiger partial charge is 0.433 e. The van der Waals surface area contributed by atoms with Crippen LogP contribution >= 0.6 is 12.4 Å². The molecule has 2 rings (SSSR count). The fraction of sp³-hybridized carbons (Fsp3) is 0.455. The second kappa shape index (κ2) is 7.04. The molecular weight excluding hydrogens is 304 g/mol. The SMILES string of the molecule is CN(C)CC1CN(/N=C/c2ccc([N+](=O)[O-])o2)C(=O)O1.Cl. The van der Waals surface area contributed by atoms with Gasteiger partial charge in [0.05, 0.1) is 18.8 Å². The highest BCUT2D eigenvalue weighted by molar-refractivity contribution is 5.85. The second-order valence-electron chi connectivity index (χ2n) is 4.53. The van der Waals surface area contributed by atoms with Gasteiger partial charge in [0, 0.05) is 6.54 Å². The van der Waals surface area contributed by atoms with Gasteiger partial charge in [0.15, 0.2) is 5.76 Å². The largest absolute Gasteiger partial charge is 0.441 e. The maximum atomic E-state index is 11.5. The number of amides is 1. The number of nitrogens with zero attached hydrogens (tertiary/aromatic N) is 4. The van der Waals surface area contributed by atoms with E-state index in [9.17, 15) is 14.9 Å². The summed E-state index contributed by atoms with van der Waals surface area (Å²) in [6.45, 7) is 0.931. The minimum Gasteiger partial charge on any atom is -0.441 e. The van der Waals surface area contributed by atoms with Gasteiger partial charge in [-0.1, -0.05) is 0 Å². The molecule has 9 nitrogen and oxygen atoms in total. The number of hydrazone groups is 1. The van der Waals surface area contributed by atoms with Gasteiger partial charge in [-0.05, 0) is 20.2 Å². The maximum absolute atomic E-state index is 11.5. The third-order valence-corrected chi connectivity index (χ3v) is 2.54. The number of furan rings is 1. The van der Waals surface area contributed by atoms with Crippen molar-refractivity contribution in [2.24, 2.45) is 5.10 Å². The molecule has 1 aromatic heterocycles. The highest BCUT2D eigenvalue weighted by Crippen LogP contribution is 2.15. The first-order valence-corrected chi connectivity index (χ1v) is 5.87. The van der Waals surface area contributed by atoms with E-state index in [0.717, 1.165) is 5.01 Å². The Morgan fingerprint density at radius 2 is 2.29 bits per heavy atom. The van der Waals surface area contributed by atoms with Gasteiger partial charge >= 0.3 is 12.0 Å². The summed E-state index contributed by atoms with van der Waals surface area (Å²) in [5.41, 5.74) is 0. The average molecular weight is 319 g/mol. The third kappa shape index (κ3) is 4.43. The monoisotopic (exact) mass is 318 g/mol. The Balaban J connectivity index is 0.00000220. The normalized spacial score (nSPS) is 18.1. The van der Waals surface area contributed by atoms with Crippen LogP contribution in [0.5, 0.6) is 0 Å². The van der Waals surface area contributed by atoms with Crippen LogP contribution in [-0.2, 0) is 4.74 Å². The number of rotatable bonds is 5. The van der Waals surface area contributed by atoms with Crippen molar-refractivity contribution in [2.45, 2.75) is 6.10 Å². The molecule has 1 aliphatic rings. The van der Waals surface area contributed by atoms with Crippen molar-refractivity contribution >= 4 is 30.6 Å². The lowest BCUT2D eigenvalue weighted by molar-refractivity contribution is -0.402. The molecule has 10 heteroatoms. The van der Waals surface area contributed by atoms with Crippen molar-refractivity contribution in [3.63, 3.8) is 0 Å². The van der Waals surface area contributed by atoms with Crippen molar-refractivity contribution in [2.75, 3.05) is 27.2 Å². The van der Waals surface area contributed by atoms with E-state index in [0.29, 0.717) is 13.1 Å². The first-order chi connectivity index (χ1) is 9.45. The fourth-order valence-electron chi connectivity index (χ4n) is 1.74. The van der Waals surface area contributed by atoms with E-state index < -0.39 is 11.0 Å². The van der Waals surface area contributed by atoms with E-state index >= 15 is 0 Å². The van der Waals surface area contributed by atoms with E-state index in [1.54, 1.807) is 0 Å². The van der Waals surface area contributed by atoms with Gasteiger partial charge in [-0.3, -0.25) is 10.1 Å². The van der Waals surface area contributed by atoms with Gasteiger partial charge in [0.2, 0.25) is 0 Å². The number of hydrogen-bond acceptors (Lipinski definition) is 7. The zero-order chi connectivity index (χ0) is 14.7. The number of nitro groups is 1. The molecule has 1 fully saturated rings. The Bertz CT molecular complexity index is 544. The molecule has 0 spiro atoms. The highest BCUT2D eigenvalue weighted by Gasteiger charge is 2.31. The molecule has 2 heterocycles. The zero-order valence-corrected chi connectivity index (χ0v) is 12.3. The van der Waals surface area contributed by atoms with E-state index in [-0.39, 0.29) is 30.2 Å². The molecule has 0 aliphatic carbocycles. The van der Waals surface area contributed by atoms with Crippen LogP contribution < -0.4 is 0 Å². The van der Waals surface area contributed by atoms with Gasteiger partial charge in [-0.15, -0.1) is 12.4 Å². The molecule has 0 N–H and O–H groups in total. The van der Waals surface area contributed by atoms with Crippen molar-refractivity contribution in [1.82, 2.24) is 9.91 Å². The first-order valence-electron chi connectivity index (χ1n) is 5.87. The molecule has 21 heavy (non-hydrogen) atoms. The summed E-state index contributed by atoms with van der Waals surface area (Å²) in [6.07, 6.45) is 0.446. The van der Waals surface area contributed by atoms with E-state index in [1.165, 1.54) is 18.3 Å². The van der Waals surface area contributed by atoms with E-state index in [4.69, 9.17) is 9.15 Å². The quantitative estimate of drug-likeness (QED) is 0.461. The third-order valence-electron chi connectivity index (χ3n) is 2.54. The molecule has 1 unspecified atom stereocenters. The Kier molecular flexibility index (Phi) is 5.68. The van der Waals surface area contributed by atoms with Crippen molar-refractivity contribution < 1.29 is 18.9 Å². The zero-order valence-electron chi connectivity index (χ0n) is 11.5. The Labute approximate surface area is 126 Å². The molecular formula is C11H15ClN4O5. The van der Waals surface area contributed by atoms with Crippen LogP contribution in [-0.4, -0.2) is 60.4 Å². The molecule has 0 saturated carbocycles. The first kappa shape index (κ1) is 16.9. The Morgan fingerprint density at radius 3 is 2.86 bits per heavy atom. The molecule has 0 aromatic carbocycles. The standard InChI is InChI=1S/C11H14N4O5.ClH/c1-13(2)6-9-7-14(11(16)20-9)12-5-8-3-4-10(19-8)15(17)18;/h3-5,9H,6-7H2,1-2H3;1H/b12-5+;. The highest BCUT2D eigenvalue weighted by atomic mass is 35.5. The number of likely N-dealkylation sites (N-methyl/N-ethyl adjacent to an activating group) is 1. The lowest BCUT2D eigenvalue weighted by Crippen LogP contribution is -2.28. The van der Waals surface area contributed by atoms with Gasteiger partial charge in [-0.2, -0.15) is 10.1 Å². The molecule has 0 radical (unpaired) electrons. The van der Waals surface area contributed by atoms with Crippen LogP contribution in [0.3, 0.4) is 0 Å². The minimum absolute atomic E-state index is 0. The molecule has 1 saturated heterocycles. The lowest BCUT2D eigenvalue weighted by atomic mass is 10.3. The van der Waals surface area contributed by atoms with Crippen LogP contribution in [0, 0.1) is 10.1 Å². The molecule has 1 aliphatic heterocycles. The molecule has 1 aromatic rings. The Morgan fingerprint density at radius 1 is 1.57 bits per heavy atom. The number of ether oxygens (including phenoxy) is 1. The van der Waals surface area contributed by atoms with E-state index in [1.807, 2.05) is 19.0 Å². The van der Waals surface area contributed by atoms with Crippen molar-refractivity contribution in [3.05, 3.63) is 28.0 Å². The summed E-state index contributed by atoms with van der Waals surface area (Å²) in [4.78, 5) is 23.2. The van der Waals surface area contributed by atoms with Gasteiger partial charge in [-0.25, -0.2) is 4.79 Å². The summed E-state index contributed by atoms with van der Waals surface area (Å²) >= 11 is 0. The average Bonchev–Trinajstić information content (AvgIpc) is 2.93. The van der Waals surface area contributed by atoms with Gasteiger partial charge in [0.1, 0.15) is 11.0 Å². The topological polar surface area (TPSA) is 101 Å². The maximum Gasteiger partial charge on any atom is 0.433 e. The van der Waals surface area contributed by atoms with Crippen LogP contribution in [0.2, 0.25) is 0 Å². The van der Waals surface area contributed by atoms with Gasteiger partial charge < -0.3 is 14.1 Å². The molecule has 1 amide bonds. The van der Waals surface area contributed by atoms with Crippen LogP contribution in [0.25, 0.3) is 0 Å². The van der Waals surface area contributed by atoms with E-state index in [2.05, 4.69) is 5.10 Å². The van der Waals surface area contributed by atoms with Crippen molar-refractivity contribution in [3.8, 4) is 0 Å². The fourth-order valence-corrected chi connectivity index (χ4v) is 1.74. The van der Waals surface area contributed by atoms with Crippen LogP contribution in [0.4, 0.5) is 10.7 Å². The summed E-state index contributed by atoms with van der Waals surface area (Å²) < 4.78 is 10.0. The summed E-state index contributed by atoms with van der Waals surface area (Å²) in [5, 5.41) is 15.5. The van der Waals surface area contributed by atoms with Gasteiger partial charge in [0.25, 0.3) is 0 Å². The number of cyclic esters (lactones) is 1. The molecule has 0 bridgehead atoms. The van der Waals surface area contributed by atoms with Crippen molar-refractivity contribution in [1.29, 1.82) is 0 Å². The Hall–Kier alpha value is -2.13. The summed E-state index contributed by atoms with van der Waals surface area (Å²) in [7, 11) is 3.75. The molecule has 1 atom stereocenters. The summed E-state index contributed by atoms with van der Waals surface area (Å²) in [5.74, 6) is -0.179. The van der Waals surface area contributed by atoms with Crippen LogP contribution in [0.15, 0.2) is 21.7 Å². The molecule has 116 valence electrons. The predicted molar refractivity (Wildman–Crippen MR) is 75.7 cm³/mol. The number of halogens is 1. The van der Waals surface area contributed by atoms with Crippen LogP contribution in [0.1, 0.15) is 5.76 Å². The predicted octanol–water partition coefficient (Wildman–Crippen LogP) is 1.33. The number of carbonyl (C=O) groups excluding carboxylic acids is 1. The number of carbonyl (C=O) groups is 1. The number of hydrogen-bond donors (Lipinski definition) is 0. The second-order valence-corrected chi connectivity index (χ2v) is 4.53. The lowest BCUT2D eigenvalue weighted by Gasteiger charge is -2.13.